The number of primary amides is 1. The van der Waals surface area contributed by atoms with Crippen LogP contribution in [0.5, 0.6) is 11.5 Å². The van der Waals surface area contributed by atoms with Crippen LogP contribution in [-0.4, -0.2) is 56.8 Å². The molecule has 10 nitrogen and oxygen atoms in total. The number of amides is 3. The Labute approximate surface area is 239 Å². The highest BCUT2D eigenvalue weighted by atomic mass is 16.3. The van der Waals surface area contributed by atoms with Crippen LogP contribution in [0.25, 0.3) is 10.9 Å². The van der Waals surface area contributed by atoms with E-state index in [1.807, 2.05) is 37.1 Å². The lowest BCUT2D eigenvalue weighted by atomic mass is 9.93. The first kappa shape index (κ1) is 29.6. The summed E-state index contributed by atoms with van der Waals surface area (Å²) in [5.74, 6) is -0.0864. The number of carbonyl (C=O) groups is 3. The first-order valence-corrected chi connectivity index (χ1v) is 14.1. The number of aldehydes is 1. The molecule has 0 spiro atoms. The number of anilines is 1. The van der Waals surface area contributed by atoms with Gasteiger partial charge in [0.25, 0.3) is 0 Å². The molecule has 1 aliphatic rings. The molecule has 10 heteroatoms. The summed E-state index contributed by atoms with van der Waals surface area (Å²) < 4.78 is 2.16. The minimum atomic E-state index is -0.860. The summed E-state index contributed by atoms with van der Waals surface area (Å²) in [4.78, 5) is 38.3. The van der Waals surface area contributed by atoms with Crippen LogP contribution in [0, 0.1) is 11.3 Å². The molecule has 218 valence electrons. The number of unbranched alkanes of at least 4 members (excludes halogenated alkanes) is 1. The van der Waals surface area contributed by atoms with E-state index >= 15 is 0 Å². The maximum Gasteiger partial charge on any atom is 0.325 e. The van der Waals surface area contributed by atoms with Crippen molar-refractivity contribution in [3.8, 4) is 11.5 Å². The Hall–Kier alpha value is -4.34. The summed E-state index contributed by atoms with van der Waals surface area (Å²) in [7, 11) is 0. The van der Waals surface area contributed by atoms with Crippen molar-refractivity contribution in [3.63, 3.8) is 0 Å². The van der Waals surface area contributed by atoms with Crippen LogP contribution in [0.15, 0.2) is 42.6 Å². The van der Waals surface area contributed by atoms with E-state index in [2.05, 4.69) is 4.57 Å². The average molecular weight is 562 g/mol. The fourth-order valence-electron chi connectivity index (χ4n) is 5.54. The number of aryl methyl sites for hydroxylation is 1. The molecule has 1 aromatic heterocycles. The highest BCUT2D eigenvalue weighted by Crippen LogP contribution is 2.34. The summed E-state index contributed by atoms with van der Waals surface area (Å²) >= 11 is 0. The number of piperidine rings is 1. The molecule has 0 saturated carbocycles. The maximum atomic E-state index is 12.5. The first-order chi connectivity index (χ1) is 19.6. The second-order valence-corrected chi connectivity index (χ2v) is 11.0. The smallest absolute Gasteiger partial charge is 0.325 e. The Bertz CT molecular complexity index is 1440. The van der Waals surface area contributed by atoms with Crippen LogP contribution >= 0.6 is 0 Å². The van der Waals surface area contributed by atoms with E-state index in [-0.39, 0.29) is 34.7 Å². The zero-order valence-corrected chi connectivity index (χ0v) is 23.7. The van der Waals surface area contributed by atoms with Gasteiger partial charge in [0.15, 0.2) is 0 Å². The van der Waals surface area contributed by atoms with Crippen molar-refractivity contribution in [2.24, 2.45) is 11.7 Å². The number of aromatic nitrogens is 1. The monoisotopic (exact) mass is 561 g/mol. The van der Waals surface area contributed by atoms with E-state index in [0.717, 1.165) is 61.0 Å². The number of hydrogen-bond acceptors (Lipinski definition) is 6. The zero-order valence-electron chi connectivity index (χ0n) is 23.7. The molecule has 0 unspecified atom stereocenters. The summed E-state index contributed by atoms with van der Waals surface area (Å²) in [6.45, 7) is 6.09. The lowest BCUT2D eigenvalue weighted by Crippen LogP contribution is -2.41. The molecule has 0 bridgehead atoms. The number of nitrogens with one attached hydrogen (secondary N) is 1. The zero-order chi connectivity index (χ0) is 29.7. The van der Waals surface area contributed by atoms with Crippen LogP contribution in [0.2, 0.25) is 0 Å². The summed E-state index contributed by atoms with van der Waals surface area (Å²) in [5, 5.41) is 30.2. The normalized spacial score (nSPS) is 14.0. The van der Waals surface area contributed by atoms with Crippen LogP contribution in [0.3, 0.4) is 0 Å². The van der Waals surface area contributed by atoms with E-state index in [0.29, 0.717) is 36.4 Å². The summed E-state index contributed by atoms with van der Waals surface area (Å²) in [6, 6.07) is 9.20. The fourth-order valence-corrected chi connectivity index (χ4v) is 5.54. The molecule has 5 N–H and O–H groups in total. The number of amidine groups is 1. The van der Waals surface area contributed by atoms with Crippen molar-refractivity contribution in [1.29, 1.82) is 5.41 Å². The average Bonchev–Trinajstić information content (AvgIpc) is 3.34. The molecule has 3 amide bonds. The molecular formula is C31H39N5O5. The number of fused-ring (bicyclic) bond motifs is 1. The Balaban J connectivity index is 1.44. The molecule has 2 heterocycles. The van der Waals surface area contributed by atoms with Crippen LogP contribution in [0.4, 0.5) is 10.5 Å². The summed E-state index contributed by atoms with van der Waals surface area (Å²) in [6.07, 6.45) is 7.23. The Morgan fingerprint density at radius 3 is 2.51 bits per heavy atom. The van der Waals surface area contributed by atoms with Crippen LogP contribution < -0.4 is 10.6 Å². The largest absolute Gasteiger partial charge is 0.508 e. The highest BCUT2D eigenvalue weighted by molar-refractivity contribution is 6.22. The Morgan fingerprint density at radius 2 is 1.85 bits per heavy atom. The van der Waals surface area contributed by atoms with Gasteiger partial charge in [-0.3, -0.25) is 10.2 Å². The van der Waals surface area contributed by atoms with Crippen molar-refractivity contribution >= 4 is 40.7 Å². The molecule has 0 aliphatic carbocycles. The van der Waals surface area contributed by atoms with Gasteiger partial charge in [-0.25, -0.2) is 9.69 Å². The maximum absolute atomic E-state index is 12.5. The number of phenols is 2. The van der Waals surface area contributed by atoms with Crippen LogP contribution in [-0.2, 0) is 16.1 Å². The number of rotatable bonds is 10. The van der Waals surface area contributed by atoms with Gasteiger partial charge in [-0.2, -0.15) is 0 Å². The predicted octanol–water partition coefficient (Wildman–Crippen LogP) is 5.08. The number of aromatic hydroxyl groups is 2. The fraction of sp³-hybridized carbons (Fsp3) is 0.419. The van der Waals surface area contributed by atoms with Gasteiger partial charge >= 0.3 is 6.03 Å². The molecule has 1 saturated heterocycles. The molecule has 3 aromatic rings. The third-order valence-electron chi connectivity index (χ3n) is 7.94. The topological polar surface area (TPSA) is 153 Å². The molecule has 1 fully saturated rings. The van der Waals surface area contributed by atoms with E-state index in [9.17, 15) is 24.6 Å². The number of carbonyl (C=O) groups excluding carboxylic acids is 3. The van der Waals surface area contributed by atoms with Gasteiger partial charge in [0.05, 0.1) is 11.3 Å². The second kappa shape index (κ2) is 12.9. The molecule has 0 atom stereocenters. The van der Waals surface area contributed by atoms with Gasteiger partial charge in [-0.1, -0.05) is 13.8 Å². The number of benzene rings is 2. The third kappa shape index (κ3) is 6.70. The quantitative estimate of drug-likeness (QED) is 0.118. The van der Waals surface area contributed by atoms with Crippen molar-refractivity contribution in [1.82, 2.24) is 9.47 Å². The number of nitrogens with two attached hydrogens (primary N) is 1. The predicted molar refractivity (Wildman–Crippen MR) is 159 cm³/mol. The minimum absolute atomic E-state index is 0.0606. The SMILES string of the molecule is CC(C)c1cc(C(=N)N(C(N)=O)c2ccc3c(ccn3CCC3CCN(C(=O)CCCC=O)CC3)c2)c(O)cc1O. The minimum Gasteiger partial charge on any atom is -0.508 e. The van der Waals surface area contributed by atoms with Crippen molar-refractivity contribution in [2.45, 2.75) is 64.8 Å². The standard InChI is InChI=1S/C31H39N5O5/c1-20(2)24-18-25(28(39)19-27(24)38)30(32)36(31(33)41)23-6-7-26-22(17-23)11-15-34(26)12-8-21-9-13-35(14-10-21)29(40)5-3-4-16-37/h6-7,11,15-21,32,38-39H,3-5,8-10,12-14H2,1-2H3,(H2,33,41). The Morgan fingerprint density at radius 1 is 1.12 bits per heavy atom. The molecular weight excluding hydrogens is 522 g/mol. The molecule has 0 radical (unpaired) electrons. The number of phenolic OH excluding ortho intramolecular Hbond substituents is 2. The number of hydrogen-bond donors (Lipinski definition) is 4. The van der Waals surface area contributed by atoms with Crippen molar-refractivity contribution in [3.05, 3.63) is 53.7 Å². The van der Waals surface area contributed by atoms with Gasteiger partial charge in [0.2, 0.25) is 5.91 Å². The number of urea groups is 1. The van der Waals surface area contributed by atoms with E-state index in [1.165, 1.54) is 12.1 Å². The lowest BCUT2D eigenvalue weighted by molar-refractivity contribution is -0.132. The Kier molecular flexibility index (Phi) is 9.31. The van der Waals surface area contributed by atoms with Crippen molar-refractivity contribution < 1.29 is 24.6 Å². The van der Waals surface area contributed by atoms with E-state index < -0.39 is 6.03 Å². The molecule has 4 rings (SSSR count). The summed E-state index contributed by atoms with van der Waals surface area (Å²) in [5.41, 5.74) is 7.72. The molecule has 2 aromatic carbocycles. The van der Waals surface area contributed by atoms with Gasteiger partial charge in [-0.15, -0.1) is 0 Å². The number of nitrogens with zero attached hydrogens (tertiary/aromatic N) is 3. The van der Waals surface area contributed by atoms with Gasteiger partial charge in [0.1, 0.15) is 23.6 Å². The second-order valence-electron chi connectivity index (χ2n) is 11.0. The van der Waals surface area contributed by atoms with Crippen molar-refractivity contribution in [2.75, 3.05) is 18.0 Å². The number of likely N-dealkylation sites (tertiary alicyclic amines) is 1. The molecule has 41 heavy (non-hydrogen) atoms. The first-order valence-electron chi connectivity index (χ1n) is 14.1. The molecule has 1 aliphatic heterocycles. The van der Waals surface area contributed by atoms with E-state index in [1.54, 1.807) is 12.1 Å². The third-order valence-corrected chi connectivity index (χ3v) is 7.94. The van der Waals surface area contributed by atoms with Crippen LogP contribution in [0.1, 0.15) is 69.4 Å². The van der Waals surface area contributed by atoms with Gasteiger partial charge in [-0.05, 0) is 73.4 Å². The van der Waals surface area contributed by atoms with Gasteiger partial charge in [0, 0.05) is 55.6 Å². The lowest BCUT2D eigenvalue weighted by Gasteiger charge is -2.32. The van der Waals surface area contributed by atoms with Gasteiger partial charge < -0.3 is 30.2 Å². The van der Waals surface area contributed by atoms with E-state index in [4.69, 9.17) is 11.1 Å². The highest BCUT2D eigenvalue weighted by Gasteiger charge is 2.25.